The van der Waals surface area contributed by atoms with Crippen LogP contribution in [0.15, 0.2) is 23.5 Å². The lowest BCUT2D eigenvalue weighted by Crippen LogP contribution is -2.55. The van der Waals surface area contributed by atoms with Gasteiger partial charge in [-0.05, 0) is 91.7 Å². The van der Waals surface area contributed by atoms with E-state index >= 15 is 0 Å². The summed E-state index contributed by atoms with van der Waals surface area (Å²) in [6.07, 6.45) is 3.05. The van der Waals surface area contributed by atoms with E-state index in [0.29, 0.717) is 41.0 Å². The van der Waals surface area contributed by atoms with Gasteiger partial charge in [-0.15, -0.1) is 11.3 Å². The lowest BCUT2D eigenvalue weighted by molar-refractivity contribution is -0.358. The molecule has 5 atom stereocenters. The lowest BCUT2D eigenvalue weighted by Gasteiger charge is -2.50. The maximum Gasteiger partial charge on any atom is 0.490 e. The van der Waals surface area contributed by atoms with Crippen molar-refractivity contribution in [2.45, 2.75) is 97.1 Å². The zero-order valence-corrected chi connectivity index (χ0v) is 29.1. The second kappa shape index (κ2) is 14.5. The van der Waals surface area contributed by atoms with Gasteiger partial charge in [0, 0.05) is 28.5 Å². The number of nitrogens with one attached hydrogen (secondary N) is 1. The van der Waals surface area contributed by atoms with Crippen LogP contribution in [0.2, 0.25) is 0 Å². The third-order valence-corrected chi connectivity index (χ3v) is 10.8. The number of carbonyl (C=O) groups excluding carboxylic acids is 2. The summed E-state index contributed by atoms with van der Waals surface area (Å²) in [5, 5.41) is 15.3. The Kier molecular flexibility index (Phi) is 11.3. The molecule has 2 saturated carbocycles. The summed E-state index contributed by atoms with van der Waals surface area (Å²) in [6, 6.07) is 4.46. The highest BCUT2D eigenvalue weighted by atomic mass is 32.1. The summed E-state index contributed by atoms with van der Waals surface area (Å²) in [7, 11) is 1.64. The average molecular weight is 696 g/mol. The van der Waals surface area contributed by atoms with Crippen LogP contribution in [0, 0.1) is 30.1 Å². The molecule has 0 saturated heterocycles. The number of rotatable bonds is 7. The van der Waals surface area contributed by atoms with E-state index in [2.05, 4.69) is 61.0 Å². The topological polar surface area (TPSA) is 155 Å². The quantitative estimate of drug-likeness (QED) is 0.181. The zero-order valence-electron chi connectivity index (χ0n) is 28.3. The van der Waals surface area contributed by atoms with E-state index < -0.39 is 12.1 Å². The standard InChI is InChI=1S/C32H44N4O4S.C2HF3O2/c1-18-17-34-30(41-18)35-27(37)10-8-20-14-26(36-39-6)32(5)12-11-21-22(29(20)32)9-7-19-13-25(40-28(38)16-33)24(15-23(19)21)31(2,3)4;3-2(4,5)1(6)7/h13,15,17,20-22,29H,7-12,14,16,33H2,1-6H3,(H,34,35,37);(H,6,7)/p+1/b36-26+;/t20-,21?,22?,29?,32-;/m1./s1. The summed E-state index contributed by atoms with van der Waals surface area (Å²) in [5.41, 5.74) is 8.45. The van der Waals surface area contributed by atoms with Crippen LogP contribution in [0.4, 0.5) is 18.3 Å². The third-order valence-electron chi connectivity index (χ3n) is 9.99. The van der Waals surface area contributed by atoms with Gasteiger partial charge in [0.05, 0.1) is 5.71 Å². The molecule has 2 fully saturated rings. The van der Waals surface area contributed by atoms with E-state index in [9.17, 15) is 22.8 Å². The van der Waals surface area contributed by atoms with E-state index in [0.717, 1.165) is 54.7 Å². The number of esters is 1. The summed E-state index contributed by atoms with van der Waals surface area (Å²) < 4.78 is 37.5. The number of thiazole rings is 1. The fourth-order valence-electron chi connectivity index (χ4n) is 7.95. The van der Waals surface area contributed by atoms with E-state index in [1.54, 1.807) is 13.3 Å². The zero-order chi connectivity index (χ0) is 35.6. The number of alkyl halides is 3. The number of oxime groups is 1. The number of halogens is 3. The Morgan fingerprint density at radius 3 is 2.46 bits per heavy atom. The molecule has 10 nitrogen and oxygen atoms in total. The van der Waals surface area contributed by atoms with Crippen LogP contribution in [-0.4, -0.2) is 53.5 Å². The smallest absolute Gasteiger partial charge is 0.475 e. The van der Waals surface area contributed by atoms with Crippen molar-refractivity contribution in [3.8, 4) is 5.75 Å². The number of carboxylic acids is 1. The molecular formula is C34H46F3N4O6S+. The number of aryl methyl sites for hydroxylation is 2. The Hall–Kier alpha value is -3.52. The first-order valence-electron chi connectivity index (χ1n) is 16.2. The Labute approximate surface area is 282 Å². The highest BCUT2D eigenvalue weighted by Crippen LogP contribution is 2.63. The molecule has 14 heteroatoms. The van der Waals surface area contributed by atoms with E-state index in [1.807, 2.05) is 6.92 Å². The molecule has 5 N–H and O–H groups in total. The lowest BCUT2D eigenvalue weighted by atomic mass is 9.53. The van der Waals surface area contributed by atoms with Crippen LogP contribution in [-0.2, 0) is 31.1 Å². The van der Waals surface area contributed by atoms with Crippen molar-refractivity contribution in [1.29, 1.82) is 0 Å². The fourth-order valence-corrected chi connectivity index (χ4v) is 8.63. The average Bonchev–Trinajstić information content (AvgIpc) is 3.54. The minimum atomic E-state index is -5.08. The number of carboxylic acid groups (broad SMARTS) is 1. The van der Waals surface area contributed by atoms with Crippen LogP contribution in [0.5, 0.6) is 5.75 Å². The molecule has 3 aliphatic carbocycles. The number of ether oxygens (including phenoxy) is 1. The number of hydrogen-bond acceptors (Lipinski definition) is 8. The number of hydrogen-bond donors (Lipinski definition) is 3. The SMILES string of the molecule is CO/N=C1\C[C@@H](CCC(=O)Nc2ncc(C)s2)C2C3CCc4cc(OC(=O)C[NH3+])c(C(C)(C)C)cc4C3CC[C@]12C.O=C(O)C(F)(F)F. The van der Waals surface area contributed by atoms with Crippen molar-refractivity contribution in [3.05, 3.63) is 39.9 Å². The summed E-state index contributed by atoms with van der Waals surface area (Å²) in [4.78, 5) is 44.7. The van der Waals surface area contributed by atoms with Crippen molar-refractivity contribution >= 4 is 40.0 Å². The first-order chi connectivity index (χ1) is 22.4. The molecule has 5 rings (SSSR count). The second-order valence-corrected chi connectivity index (χ2v) is 15.4. The molecule has 1 aromatic heterocycles. The Bertz CT molecular complexity index is 1550. The van der Waals surface area contributed by atoms with Gasteiger partial charge in [0.1, 0.15) is 12.9 Å². The van der Waals surface area contributed by atoms with Gasteiger partial charge in [-0.3, -0.25) is 4.79 Å². The number of nitrogens with zero attached hydrogens (tertiary/aromatic N) is 2. The van der Waals surface area contributed by atoms with Gasteiger partial charge in [0.2, 0.25) is 5.91 Å². The van der Waals surface area contributed by atoms with Crippen LogP contribution < -0.4 is 15.8 Å². The number of aromatic nitrogens is 1. The molecule has 1 amide bonds. The minimum Gasteiger partial charge on any atom is -0.475 e. The van der Waals surface area contributed by atoms with Crippen LogP contribution in [0.3, 0.4) is 0 Å². The van der Waals surface area contributed by atoms with E-state index in [-0.39, 0.29) is 29.3 Å². The number of quaternary nitrogens is 1. The number of carbonyl (C=O) groups is 3. The molecule has 0 radical (unpaired) electrons. The predicted molar refractivity (Wildman–Crippen MR) is 175 cm³/mol. The summed E-state index contributed by atoms with van der Waals surface area (Å²) in [6.45, 7) is 11.0. The molecule has 0 bridgehead atoms. The Morgan fingerprint density at radius 1 is 1.21 bits per heavy atom. The summed E-state index contributed by atoms with van der Waals surface area (Å²) >= 11 is 1.51. The molecule has 3 aliphatic rings. The molecule has 1 heterocycles. The highest BCUT2D eigenvalue weighted by molar-refractivity contribution is 7.15. The van der Waals surface area contributed by atoms with Gasteiger partial charge in [0.15, 0.2) is 11.7 Å². The Balaban J connectivity index is 0.000000671. The van der Waals surface area contributed by atoms with Gasteiger partial charge in [-0.25, -0.2) is 14.6 Å². The number of benzene rings is 1. The molecule has 0 spiro atoms. The van der Waals surface area contributed by atoms with Crippen LogP contribution in [0.25, 0.3) is 0 Å². The Morgan fingerprint density at radius 2 is 1.90 bits per heavy atom. The maximum absolute atomic E-state index is 12.9. The van der Waals surface area contributed by atoms with E-state index in [4.69, 9.17) is 19.5 Å². The number of aliphatic carboxylic acids is 1. The first kappa shape index (κ1) is 37.3. The maximum atomic E-state index is 12.9. The fraction of sp³-hybridized carbons (Fsp3) is 0.618. The van der Waals surface area contributed by atoms with Gasteiger partial charge in [0.25, 0.3) is 0 Å². The molecule has 48 heavy (non-hydrogen) atoms. The van der Waals surface area contributed by atoms with Crippen molar-refractivity contribution in [1.82, 2.24) is 4.98 Å². The summed E-state index contributed by atoms with van der Waals surface area (Å²) in [5.74, 6) is -0.616. The van der Waals surface area contributed by atoms with Gasteiger partial charge >= 0.3 is 18.1 Å². The molecule has 264 valence electrons. The monoisotopic (exact) mass is 695 g/mol. The van der Waals surface area contributed by atoms with Gasteiger partial charge in [-0.1, -0.05) is 38.9 Å². The van der Waals surface area contributed by atoms with Crippen molar-refractivity contribution < 1.29 is 48.0 Å². The predicted octanol–water partition coefficient (Wildman–Crippen LogP) is 6.03. The number of fused-ring (bicyclic) bond motifs is 5. The molecule has 2 aromatic rings. The molecular weight excluding hydrogens is 649 g/mol. The minimum absolute atomic E-state index is 0.0266. The second-order valence-electron chi connectivity index (χ2n) is 14.2. The van der Waals surface area contributed by atoms with Gasteiger partial charge in [-0.2, -0.15) is 13.2 Å². The normalized spacial score (nSPS) is 25.6. The van der Waals surface area contributed by atoms with Crippen molar-refractivity contribution in [2.24, 2.45) is 28.3 Å². The molecule has 3 unspecified atom stereocenters. The first-order valence-corrected chi connectivity index (χ1v) is 17.0. The van der Waals surface area contributed by atoms with Crippen LogP contribution in [0.1, 0.15) is 93.7 Å². The largest absolute Gasteiger partial charge is 0.490 e. The van der Waals surface area contributed by atoms with E-state index in [1.165, 1.54) is 22.5 Å². The number of anilines is 1. The highest BCUT2D eigenvalue weighted by Gasteiger charge is 2.57. The number of amides is 1. The van der Waals surface area contributed by atoms with Crippen molar-refractivity contribution in [2.75, 3.05) is 19.0 Å². The van der Waals surface area contributed by atoms with Crippen molar-refractivity contribution in [3.63, 3.8) is 0 Å². The van der Waals surface area contributed by atoms with Crippen LogP contribution >= 0.6 is 11.3 Å². The molecule has 1 aromatic carbocycles. The molecule has 0 aliphatic heterocycles. The van der Waals surface area contributed by atoms with Gasteiger partial charge < -0.3 is 25.7 Å². The third kappa shape index (κ3) is 8.19.